The zero-order valence-electron chi connectivity index (χ0n) is 10.6. The molecule has 0 radical (unpaired) electrons. The third kappa shape index (κ3) is 2.21. The van der Waals surface area contributed by atoms with E-state index in [1.165, 1.54) is 13.3 Å². The SMILES string of the molecule is CCc1cccc2c(N=[N+]=[N-])c(C(=O)OC)cnc12. The van der Waals surface area contributed by atoms with Crippen LogP contribution in [0.4, 0.5) is 5.69 Å². The van der Waals surface area contributed by atoms with Gasteiger partial charge in [0.2, 0.25) is 0 Å². The third-order valence-electron chi connectivity index (χ3n) is 2.88. The maximum atomic E-state index is 11.7. The van der Waals surface area contributed by atoms with Gasteiger partial charge in [-0.15, -0.1) is 0 Å². The van der Waals surface area contributed by atoms with Crippen LogP contribution in [0.25, 0.3) is 21.3 Å². The molecule has 0 fully saturated rings. The standard InChI is InChI=1S/C13H12N4O2/c1-3-8-5-4-6-9-11(8)15-7-10(13(18)19-2)12(9)16-17-14/h4-7H,3H2,1-2H3. The van der Waals surface area contributed by atoms with Crippen molar-refractivity contribution < 1.29 is 9.53 Å². The van der Waals surface area contributed by atoms with Crippen LogP contribution in [0.3, 0.4) is 0 Å². The summed E-state index contributed by atoms with van der Waals surface area (Å²) >= 11 is 0. The minimum Gasteiger partial charge on any atom is -0.465 e. The second-order valence-electron chi connectivity index (χ2n) is 3.87. The van der Waals surface area contributed by atoms with E-state index in [9.17, 15) is 4.79 Å². The quantitative estimate of drug-likeness (QED) is 0.364. The Balaban J connectivity index is 2.85. The number of aryl methyl sites for hydroxylation is 1. The maximum Gasteiger partial charge on any atom is 0.339 e. The van der Waals surface area contributed by atoms with Crippen molar-refractivity contribution in [3.8, 4) is 0 Å². The number of esters is 1. The fourth-order valence-corrected chi connectivity index (χ4v) is 1.97. The Bertz CT molecular complexity index is 690. The molecule has 0 spiro atoms. The van der Waals surface area contributed by atoms with Gasteiger partial charge < -0.3 is 4.74 Å². The monoisotopic (exact) mass is 256 g/mol. The summed E-state index contributed by atoms with van der Waals surface area (Å²) in [6.07, 6.45) is 2.19. The average molecular weight is 256 g/mol. The molecule has 19 heavy (non-hydrogen) atoms. The number of nitrogens with zero attached hydrogens (tertiary/aromatic N) is 4. The average Bonchev–Trinajstić information content (AvgIpc) is 2.46. The van der Waals surface area contributed by atoms with Crippen LogP contribution >= 0.6 is 0 Å². The first-order valence-electron chi connectivity index (χ1n) is 5.77. The summed E-state index contributed by atoms with van der Waals surface area (Å²) in [5, 5.41) is 4.27. The van der Waals surface area contributed by atoms with Crippen LogP contribution in [0, 0.1) is 0 Å². The highest BCUT2D eigenvalue weighted by Gasteiger charge is 2.15. The van der Waals surface area contributed by atoms with E-state index in [1.54, 1.807) is 6.07 Å². The third-order valence-corrected chi connectivity index (χ3v) is 2.88. The number of benzene rings is 1. The van der Waals surface area contributed by atoms with Crippen molar-refractivity contribution in [1.29, 1.82) is 0 Å². The molecule has 0 saturated heterocycles. The predicted molar refractivity (Wildman–Crippen MR) is 71.3 cm³/mol. The van der Waals surface area contributed by atoms with Crippen molar-refractivity contribution in [2.75, 3.05) is 7.11 Å². The van der Waals surface area contributed by atoms with Gasteiger partial charge in [-0.2, -0.15) is 0 Å². The topological polar surface area (TPSA) is 88.0 Å². The first-order chi connectivity index (χ1) is 9.22. The second-order valence-corrected chi connectivity index (χ2v) is 3.87. The molecular formula is C13H12N4O2. The fourth-order valence-electron chi connectivity index (χ4n) is 1.97. The van der Waals surface area contributed by atoms with Crippen LogP contribution in [0.5, 0.6) is 0 Å². The summed E-state index contributed by atoms with van der Waals surface area (Å²) in [6, 6.07) is 5.57. The number of methoxy groups -OCH3 is 1. The highest BCUT2D eigenvalue weighted by molar-refractivity contribution is 6.04. The minimum absolute atomic E-state index is 0.168. The number of hydrogen-bond donors (Lipinski definition) is 0. The number of ether oxygens (including phenoxy) is 1. The van der Waals surface area contributed by atoms with Gasteiger partial charge in [0.1, 0.15) is 0 Å². The number of carbonyl (C=O) groups excluding carboxylic acids is 1. The summed E-state index contributed by atoms with van der Waals surface area (Å²) in [5.74, 6) is -0.571. The zero-order chi connectivity index (χ0) is 13.8. The van der Waals surface area contributed by atoms with E-state index in [4.69, 9.17) is 5.53 Å². The van der Waals surface area contributed by atoms with Crippen LogP contribution in [-0.2, 0) is 11.2 Å². The molecule has 0 atom stereocenters. The molecule has 1 heterocycles. The van der Waals surface area contributed by atoms with Crippen LogP contribution in [0.1, 0.15) is 22.8 Å². The van der Waals surface area contributed by atoms with Crippen LogP contribution < -0.4 is 0 Å². The van der Waals surface area contributed by atoms with Crippen molar-refractivity contribution in [2.24, 2.45) is 5.11 Å². The van der Waals surface area contributed by atoms with Crippen molar-refractivity contribution in [3.63, 3.8) is 0 Å². The lowest BCUT2D eigenvalue weighted by Crippen LogP contribution is -2.03. The lowest BCUT2D eigenvalue weighted by Gasteiger charge is -2.09. The molecule has 2 aromatic rings. The van der Waals surface area contributed by atoms with Gasteiger partial charge in [0.05, 0.1) is 23.9 Å². The highest BCUT2D eigenvalue weighted by Crippen LogP contribution is 2.31. The van der Waals surface area contributed by atoms with Crippen LogP contribution in [0.15, 0.2) is 29.5 Å². The predicted octanol–water partition coefficient (Wildman–Crippen LogP) is 3.53. The van der Waals surface area contributed by atoms with Crippen LogP contribution in [-0.4, -0.2) is 18.1 Å². The zero-order valence-corrected chi connectivity index (χ0v) is 10.6. The lowest BCUT2D eigenvalue weighted by atomic mass is 10.0. The normalized spacial score (nSPS) is 10.0. The number of rotatable bonds is 3. The van der Waals surface area contributed by atoms with Crippen molar-refractivity contribution in [3.05, 3.63) is 46.0 Å². The Kier molecular flexibility index (Phi) is 3.63. The molecule has 2 rings (SSSR count). The fraction of sp³-hybridized carbons (Fsp3) is 0.231. The number of pyridine rings is 1. The Morgan fingerprint density at radius 2 is 2.32 bits per heavy atom. The molecule has 0 saturated carbocycles. The summed E-state index contributed by atoms with van der Waals surface area (Å²) in [4.78, 5) is 18.7. The number of carbonyl (C=O) groups is 1. The molecule has 0 N–H and O–H groups in total. The molecule has 0 aliphatic rings. The Labute approximate surface area is 109 Å². The summed E-state index contributed by atoms with van der Waals surface area (Å²) in [6.45, 7) is 2.01. The molecule has 0 amide bonds. The first-order valence-corrected chi connectivity index (χ1v) is 5.77. The van der Waals surface area contributed by atoms with Gasteiger partial charge in [-0.05, 0) is 17.5 Å². The number of para-hydroxylation sites is 1. The summed E-state index contributed by atoms with van der Waals surface area (Å²) in [7, 11) is 1.27. The molecule has 0 aliphatic heterocycles. The van der Waals surface area contributed by atoms with Gasteiger partial charge in [-0.25, -0.2) is 4.79 Å². The molecule has 0 unspecified atom stereocenters. The number of hydrogen-bond acceptors (Lipinski definition) is 4. The van der Waals surface area contributed by atoms with E-state index in [0.29, 0.717) is 5.39 Å². The second kappa shape index (κ2) is 5.37. The van der Waals surface area contributed by atoms with Crippen molar-refractivity contribution in [1.82, 2.24) is 4.98 Å². The van der Waals surface area contributed by atoms with Gasteiger partial charge in [0, 0.05) is 16.5 Å². The Hall–Kier alpha value is -2.59. The summed E-state index contributed by atoms with van der Waals surface area (Å²) in [5.41, 5.74) is 10.9. The molecular weight excluding hydrogens is 244 g/mol. The van der Waals surface area contributed by atoms with Crippen LogP contribution in [0.2, 0.25) is 0 Å². The highest BCUT2D eigenvalue weighted by atomic mass is 16.5. The van der Waals surface area contributed by atoms with Gasteiger partial charge in [-0.3, -0.25) is 4.98 Å². The minimum atomic E-state index is -0.571. The van der Waals surface area contributed by atoms with E-state index < -0.39 is 5.97 Å². The van der Waals surface area contributed by atoms with E-state index in [1.807, 2.05) is 19.1 Å². The molecule has 0 bridgehead atoms. The maximum absolute atomic E-state index is 11.7. The molecule has 6 heteroatoms. The number of azide groups is 1. The van der Waals surface area contributed by atoms with Gasteiger partial charge in [0.25, 0.3) is 0 Å². The smallest absolute Gasteiger partial charge is 0.339 e. The largest absolute Gasteiger partial charge is 0.465 e. The van der Waals surface area contributed by atoms with E-state index in [-0.39, 0.29) is 11.3 Å². The molecule has 6 nitrogen and oxygen atoms in total. The van der Waals surface area contributed by atoms with E-state index in [0.717, 1.165) is 17.5 Å². The van der Waals surface area contributed by atoms with Crippen molar-refractivity contribution in [2.45, 2.75) is 13.3 Å². The van der Waals surface area contributed by atoms with Gasteiger partial charge in [0.15, 0.2) is 0 Å². The van der Waals surface area contributed by atoms with Crippen molar-refractivity contribution >= 4 is 22.6 Å². The number of aromatic nitrogens is 1. The van der Waals surface area contributed by atoms with Gasteiger partial charge in [-0.1, -0.05) is 30.2 Å². The Morgan fingerprint density at radius 3 is 2.95 bits per heavy atom. The molecule has 0 aliphatic carbocycles. The first kappa shape index (κ1) is 12.9. The summed E-state index contributed by atoms with van der Waals surface area (Å²) < 4.78 is 4.67. The molecule has 1 aromatic carbocycles. The van der Waals surface area contributed by atoms with E-state index >= 15 is 0 Å². The lowest BCUT2D eigenvalue weighted by molar-refractivity contribution is 0.0601. The van der Waals surface area contributed by atoms with Gasteiger partial charge >= 0.3 is 5.97 Å². The molecule has 1 aromatic heterocycles. The molecule has 96 valence electrons. The Morgan fingerprint density at radius 1 is 1.53 bits per heavy atom. The number of fused-ring (bicyclic) bond motifs is 1. The van der Waals surface area contributed by atoms with E-state index in [2.05, 4.69) is 19.7 Å².